The highest BCUT2D eigenvalue weighted by atomic mass is 16.6. The summed E-state index contributed by atoms with van der Waals surface area (Å²) in [4.78, 5) is 33.6. The molecule has 2 rings (SSSR count). The highest BCUT2D eigenvalue weighted by Gasteiger charge is 2.15. The highest BCUT2D eigenvalue weighted by Crippen LogP contribution is 2.20. The lowest BCUT2D eigenvalue weighted by Gasteiger charge is -2.07. The normalized spacial score (nSPS) is 10.0. The van der Waals surface area contributed by atoms with Gasteiger partial charge in [-0.2, -0.15) is 0 Å². The first-order valence-corrected chi connectivity index (χ1v) is 6.58. The molecule has 0 saturated heterocycles. The van der Waals surface area contributed by atoms with E-state index >= 15 is 0 Å². The van der Waals surface area contributed by atoms with Gasteiger partial charge in [-0.05, 0) is 42.8 Å². The molecule has 0 unspecified atom stereocenters. The lowest BCUT2D eigenvalue weighted by atomic mass is 10.1. The lowest BCUT2D eigenvalue weighted by Crippen LogP contribution is -2.10. The molecule has 0 bridgehead atoms. The molecule has 7 nitrogen and oxygen atoms in total. The van der Waals surface area contributed by atoms with E-state index in [1.807, 2.05) is 0 Å². The van der Waals surface area contributed by atoms with Crippen molar-refractivity contribution in [2.45, 2.75) is 6.92 Å². The van der Waals surface area contributed by atoms with E-state index in [-0.39, 0.29) is 17.0 Å². The molecule has 0 atom stereocenters. The third-order valence-corrected chi connectivity index (χ3v) is 3.13. The van der Waals surface area contributed by atoms with Crippen LogP contribution in [0.25, 0.3) is 0 Å². The van der Waals surface area contributed by atoms with Gasteiger partial charge < -0.3 is 9.47 Å². The Morgan fingerprint density at radius 2 is 1.70 bits per heavy atom. The summed E-state index contributed by atoms with van der Waals surface area (Å²) in [6.45, 7) is 1.59. The molecule has 2 aromatic carbocycles. The van der Waals surface area contributed by atoms with Crippen molar-refractivity contribution in [2.75, 3.05) is 7.11 Å². The van der Waals surface area contributed by atoms with Gasteiger partial charge in [0.25, 0.3) is 5.69 Å². The van der Waals surface area contributed by atoms with E-state index in [0.717, 1.165) is 0 Å². The quantitative estimate of drug-likeness (QED) is 0.372. The van der Waals surface area contributed by atoms with E-state index in [1.165, 1.54) is 49.6 Å². The summed E-state index contributed by atoms with van der Waals surface area (Å²) in [5.74, 6) is -0.877. The molecule has 0 aliphatic heterocycles. The van der Waals surface area contributed by atoms with Crippen LogP contribution < -0.4 is 4.74 Å². The number of benzene rings is 2. The number of esters is 2. The monoisotopic (exact) mass is 315 g/mol. The molecule has 118 valence electrons. The fraction of sp³-hybridized carbons (Fsp3) is 0.125. The number of ether oxygens (including phenoxy) is 2. The zero-order valence-electron chi connectivity index (χ0n) is 12.4. The molecule has 2 aromatic rings. The Hall–Kier alpha value is -3.22. The topological polar surface area (TPSA) is 95.7 Å². The van der Waals surface area contributed by atoms with Crippen LogP contribution in [0, 0.1) is 17.0 Å². The Morgan fingerprint density at radius 3 is 2.22 bits per heavy atom. The van der Waals surface area contributed by atoms with E-state index < -0.39 is 16.9 Å². The van der Waals surface area contributed by atoms with Crippen molar-refractivity contribution < 1.29 is 24.0 Å². The Labute approximate surface area is 131 Å². The van der Waals surface area contributed by atoms with E-state index in [4.69, 9.17) is 4.74 Å². The maximum absolute atomic E-state index is 12.1. The van der Waals surface area contributed by atoms with Crippen molar-refractivity contribution >= 4 is 17.6 Å². The molecule has 7 heteroatoms. The molecule has 0 spiro atoms. The first-order valence-electron chi connectivity index (χ1n) is 6.58. The summed E-state index contributed by atoms with van der Waals surface area (Å²) >= 11 is 0. The number of hydrogen-bond acceptors (Lipinski definition) is 6. The van der Waals surface area contributed by atoms with Gasteiger partial charge in [0.05, 0.1) is 23.2 Å². The minimum Gasteiger partial charge on any atom is -0.465 e. The van der Waals surface area contributed by atoms with Crippen molar-refractivity contribution in [1.29, 1.82) is 0 Å². The number of non-ortho nitro benzene ring substituents is 1. The smallest absolute Gasteiger partial charge is 0.343 e. The summed E-state index contributed by atoms with van der Waals surface area (Å²) in [6.07, 6.45) is 0. The van der Waals surface area contributed by atoms with Gasteiger partial charge in [0.1, 0.15) is 5.75 Å². The van der Waals surface area contributed by atoms with Gasteiger partial charge in [-0.25, -0.2) is 9.59 Å². The number of carbonyl (C=O) groups is 2. The fourth-order valence-corrected chi connectivity index (χ4v) is 1.93. The van der Waals surface area contributed by atoms with Gasteiger partial charge in [-0.15, -0.1) is 0 Å². The van der Waals surface area contributed by atoms with E-state index in [1.54, 1.807) is 6.92 Å². The van der Waals surface area contributed by atoms with Crippen molar-refractivity contribution in [1.82, 2.24) is 0 Å². The van der Waals surface area contributed by atoms with Gasteiger partial charge in [-0.3, -0.25) is 10.1 Å². The number of nitro groups is 1. The van der Waals surface area contributed by atoms with E-state index in [0.29, 0.717) is 11.1 Å². The van der Waals surface area contributed by atoms with Crippen LogP contribution in [-0.2, 0) is 4.74 Å². The average molecular weight is 315 g/mol. The van der Waals surface area contributed by atoms with Gasteiger partial charge in [0.2, 0.25) is 0 Å². The molecule has 0 aromatic heterocycles. The number of hydrogen-bond donors (Lipinski definition) is 0. The van der Waals surface area contributed by atoms with E-state index in [2.05, 4.69) is 4.74 Å². The molecule has 0 amide bonds. The first kappa shape index (κ1) is 16.2. The maximum Gasteiger partial charge on any atom is 0.343 e. The number of nitro benzene ring substituents is 1. The second-order valence-electron chi connectivity index (χ2n) is 4.66. The van der Waals surface area contributed by atoms with Crippen LogP contribution in [0.2, 0.25) is 0 Å². The third-order valence-electron chi connectivity index (χ3n) is 3.13. The number of methoxy groups -OCH3 is 1. The molecule has 0 aliphatic carbocycles. The number of carbonyl (C=O) groups excluding carboxylic acids is 2. The highest BCUT2D eigenvalue weighted by molar-refractivity contribution is 5.93. The first-order chi connectivity index (χ1) is 10.9. The molecular weight excluding hydrogens is 302 g/mol. The number of aryl methyl sites for hydroxylation is 1. The molecule has 23 heavy (non-hydrogen) atoms. The van der Waals surface area contributed by atoms with Gasteiger partial charge in [0, 0.05) is 12.1 Å². The number of nitrogens with zero attached hydrogens (tertiary/aromatic N) is 1. The van der Waals surface area contributed by atoms with Crippen LogP contribution in [0.4, 0.5) is 5.69 Å². The van der Waals surface area contributed by atoms with Crippen LogP contribution in [0.3, 0.4) is 0 Å². The van der Waals surface area contributed by atoms with Crippen LogP contribution in [0.5, 0.6) is 5.75 Å². The predicted octanol–water partition coefficient (Wildman–Crippen LogP) is 2.91. The Kier molecular flexibility index (Phi) is 4.70. The third kappa shape index (κ3) is 3.70. The largest absolute Gasteiger partial charge is 0.465 e. The number of rotatable bonds is 4. The van der Waals surface area contributed by atoms with Crippen LogP contribution in [0.15, 0.2) is 42.5 Å². The molecule has 0 saturated carbocycles. The van der Waals surface area contributed by atoms with Crippen molar-refractivity contribution in [3.63, 3.8) is 0 Å². The van der Waals surface area contributed by atoms with Gasteiger partial charge in [0.15, 0.2) is 0 Å². The molecule has 0 radical (unpaired) electrons. The molecule has 0 N–H and O–H groups in total. The maximum atomic E-state index is 12.1. The summed E-state index contributed by atoms with van der Waals surface area (Å²) in [5, 5.41) is 10.7. The Bertz CT molecular complexity index is 767. The molecule has 0 aliphatic rings. The summed E-state index contributed by atoms with van der Waals surface area (Å²) in [5.41, 5.74) is 0.906. The van der Waals surface area contributed by atoms with Crippen LogP contribution in [-0.4, -0.2) is 24.0 Å². The predicted molar refractivity (Wildman–Crippen MR) is 80.6 cm³/mol. The average Bonchev–Trinajstić information content (AvgIpc) is 2.54. The van der Waals surface area contributed by atoms with Crippen molar-refractivity contribution in [3.05, 3.63) is 69.3 Å². The van der Waals surface area contributed by atoms with Gasteiger partial charge in [-0.1, -0.05) is 0 Å². The standard InChI is InChI=1S/C16H13NO6/c1-10-9-12(17(20)21)5-8-14(10)16(19)23-13-6-3-11(4-7-13)15(18)22-2/h3-9H,1-2H3. The molecule has 0 heterocycles. The van der Waals surface area contributed by atoms with E-state index in [9.17, 15) is 19.7 Å². The minimum absolute atomic E-state index is 0.0959. The Morgan fingerprint density at radius 1 is 1.04 bits per heavy atom. The zero-order chi connectivity index (χ0) is 17.0. The second kappa shape index (κ2) is 6.69. The summed E-state index contributed by atoms with van der Waals surface area (Å²) < 4.78 is 9.76. The van der Waals surface area contributed by atoms with Crippen molar-refractivity contribution in [2.24, 2.45) is 0 Å². The molecule has 0 fully saturated rings. The molecular formula is C16H13NO6. The fourth-order valence-electron chi connectivity index (χ4n) is 1.93. The summed E-state index contributed by atoms with van der Waals surface area (Å²) in [6, 6.07) is 9.75. The second-order valence-corrected chi connectivity index (χ2v) is 4.66. The van der Waals surface area contributed by atoms with Crippen molar-refractivity contribution in [3.8, 4) is 5.75 Å². The summed E-state index contributed by atoms with van der Waals surface area (Å²) in [7, 11) is 1.27. The zero-order valence-corrected chi connectivity index (χ0v) is 12.4. The SMILES string of the molecule is COC(=O)c1ccc(OC(=O)c2ccc([N+](=O)[O-])cc2C)cc1. The van der Waals surface area contributed by atoms with Crippen LogP contribution >= 0.6 is 0 Å². The van der Waals surface area contributed by atoms with Gasteiger partial charge >= 0.3 is 11.9 Å². The minimum atomic E-state index is -0.636. The Balaban J connectivity index is 2.16. The lowest BCUT2D eigenvalue weighted by molar-refractivity contribution is -0.384. The van der Waals surface area contributed by atoms with Crippen LogP contribution in [0.1, 0.15) is 26.3 Å².